The molecule has 5 nitrogen and oxygen atoms in total. The standard InChI is InChI=1S/C13H24N2O3S/c1-10(2)13-12(4)8-14-15(13)7-5-6-11(3)9-19(16,17)18/h8,10-11H,5-7,9H2,1-4H3,(H,16,17,18). The summed E-state index contributed by atoms with van der Waals surface area (Å²) in [4.78, 5) is 0. The lowest BCUT2D eigenvalue weighted by Gasteiger charge is -2.13. The average Bonchev–Trinajstić information content (AvgIpc) is 2.57. The smallest absolute Gasteiger partial charge is 0.265 e. The van der Waals surface area contributed by atoms with Crippen molar-refractivity contribution in [2.75, 3.05) is 5.75 Å². The van der Waals surface area contributed by atoms with Crippen LogP contribution in [0.4, 0.5) is 0 Å². The molecule has 1 N–H and O–H groups in total. The van der Waals surface area contributed by atoms with Gasteiger partial charge in [-0.3, -0.25) is 9.23 Å². The molecular formula is C13H24N2O3S. The van der Waals surface area contributed by atoms with Crippen LogP contribution in [0.25, 0.3) is 0 Å². The van der Waals surface area contributed by atoms with E-state index >= 15 is 0 Å². The molecule has 0 saturated carbocycles. The van der Waals surface area contributed by atoms with Gasteiger partial charge in [0.15, 0.2) is 0 Å². The molecule has 1 aromatic rings. The fraction of sp³-hybridized carbons (Fsp3) is 0.769. The highest BCUT2D eigenvalue weighted by Gasteiger charge is 2.14. The first kappa shape index (κ1) is 16.2. The molecule has 1 heterocycles. The molecule has 19 heavy (non-hydrogen) atoms. The van der Waals surface area contributed by atoms with Crippen LogP contribution < -0.4 is 0 Å². The second kappa shape index (κ2) is 6.52. The van der Waals surface area contributed by atoms with Crippen LogP contribution in [0.15, 0.2) is 6.20 Å². The van der Waals surface area contributed by atoms with Gasteiger partial charge in [0.2, 0.25) is 0 Å². The van der Waals surface area contributed by atoms with Gasteiger partial charge in [0.1, 0.15) is 0 Å². The van der Waals surface area contributed by atoms with E-state index in [-0.39, 0.29) is 11.7 Å². The predicted molar refractivity (Wildman–Crippen MR) is 75.9 cm³/mol. The highest BCUT2D eigenvalue weighted by atomic mass is 32.2. The lowest BCUT2D eigenvalue weighted by Crippen LogP contribution is -2.14. The summed E-state index contributed by atoms with van der Waals surface area (Å²) < 4.78 is 32.3. The number of aryl methyl sites for hydroxylation is 2. The van der Waals surface area contributed by atoms with Gasteiger partial charge >= 0.3 is 0 Å². The van der Waals surface area contributed by atoms with Crippen LogP contribution in [-0.4, -0.2) is 28.5 Å². The summed E-state index contributed by atoms with van der Waals surface area (Å²) in [5.41, 5.74) is 2.43. The lowest BCUT2D eigenvalue weighted by atomic mass is 10.1. The van der Waals surface area contributed by atoms with Gasteiger partial charge in [-0.2, -0.15) is 13.5 Å². The van der Waals surface area contributed by atoms with E-state index in [0.717, 1.165) is 19.4 Å². The molecule has 0 aliphatic rings. The number of hydrogen-bond donors (Lipinski definition) is 1. The van der Waals surface area contributed by atoms with Crippen LogP contribution in [0.5, 0.6) is 0 Å². The zero-order chi connectivity index (χ0) is 14.6. The van der Waals surface area contributed by atoms with Gasteiger partial charge in [-0.1, -0.05) is 20.8 Å². The van der Waals surface area contributed by atoms with Crippen LogP contribution in [0.2, 0.25) is 0 Å². The summed E-state index contributed by atoms with van der Waals surface area (Å²) in [5, 5.41) is 4.36. The normalized spacial score (nSPS) is 14.0. The largest absolute Gasteiger partial charge is 0.286 e. The average molecular weight is 288 g/mol. The van der Waals surface area contributed by atoms with Crippen LogP contribution >= 0.6 is 0 Å². The van der Waals surface area contributed by atoms with Crippen LogP contribution in [0, 0.1) is 12.8 Å². The highest BCUT2D eigenvalue weighted by molar-refractivity contribution is 7.85. The van der Waals surface area contributed by atoms with E-state index in [4.69, 9.17) is 4.55 Å². The van der Waals surface area contributed by atoms with Crippen molar-refractivity contribution in [3.8, 4) is 0 Å². The molecule has 0 amide bonds. The molecule has 0 spiro atoms. The molecule has 0 bridgehead atoms. The first-order valence-electron chi connectivity index (χ1n) is 6.68. The van der Waals surface area contributed by atoms with E-state index in [1.54, 1.807) is 0 Å². The van der Waals surface area contributed by atoms with Crippen molar-refractivity contribution in [3.63, 3.8) is 0 Å². The molecule has 1 atom stereocenters. The quantitative estimate of drug-likeness (QED) is 0.783. The van der Waals surface area contributed by atoms with Gasteiger partial charge in [-0.05, 0) is 37.2 Å². The molecule has 0 saturated heterocycles. The van der Waals surface area contributed by atoms with E-state index in [2.05, 4.69) is 25.9 Å². The second-order valence-corrected chi connectivity index (χ2v) is 7.08. The van der Waals surface area contributed by atoms with Crippen LogP contribution in [0.1, 0.15) is 50.8 Å². The van der Waals surface area contributed by atoms with Crippen LogP contribution in [0.3, 0.4) is 0 Å². The number of aromatic nitrogens is 2. The van der Waals surface area contributed by atoms with Crippen molar-refractivity contribution in [3.05, 3.63) is 17.5 Å². The Morgan fingerprint density at radius 3 is 2.53 bits per heavy atom. The molecular weight excluding hydrogens is 264 g/mol. The minimum atomic E-state index is -3.86. The molecule has 0 fully saturated rings. The summed E-state index contributed by atoms with van der Waals surface area (Å²) in [5.74, 6) is 0.231. The van der Waals surface area contributed by atoms with Gasteiger partial charge in [0.25, 0.3) is 10.1 Å². The van der Waals surface area contributed by atoms with Crippen molar-refractivity contribution in [1.82, 2.24) is 9.78 Å². The maximum Gasteiger partial charge on any atom is 0.265 e. The Bertz CT molecular complexity index is 506. The van der Waals surface area contributed by atoms with Gasteiger partial charge in [-0.15, -0.1) is 0 Å². The van der Waals surface area contributed by atoms with Gasteiger partial charge in [0, 0.05) is 12.2 Å². The Kier molecular flexibility index (Phi) is 5.55. The molecule has 1 rings (SSSR count). The summed E-state index contributed by atoms with van der Waals surface area (Å²) >= 11 is 0. The van der Waals surface area contributed by atoms with Gasteiger partial charge in [-0.25, -0.2) is 0 Å². The molecule has 6 heteroatoms. The van der Waals surface area contributed by atoms with E-state index in [9.17, 15) is 8.42 Å². The first-order valence-corrected chi connectivity index (χ1v) is 8.29. The SMILES string of the molecule is Cc1cnn(CCCC(C)CS(=O)(=O)O)c1C(C)C. The van der Waals surface area contributed by atoms with Crippen molar-refractivity contribution in [2.45, 2.75) is 53.0 Å². The van der Waals surface area contributed by atoms with E-state index in [1.165, 1.54) is 11.3 Å². The second-order valence-electron chi connectivity index (χ2n) is 5.59. The van der Waals surface area contributed by atoms with E-state index in [1.807, 2.05) is 17.8 Å². The topological polar surface area (TPSA) is 72.2 Å². The Labute approximate surface area is 115 Å². The fourth-order valence-electron chi connectivity index (χ4n) is 2.45. The van der Waals surface area contributed by atoms with Crippen LogP contribution in [-0.2, 0) is 16.7 Å². The summed E-state index contributed by atoms with van der Waals surface area (Å²) in [6.45, 7) is 8.96. The molecule has 0 radical (unpaired) electrons. The number of rotatable bonds is 7. The third-order valence-corrected chi connectivity index (χ3v) is 4.17. The Morgan fingerprint density at radius 1 is 1.37 bits per heavy atom. The van der Waals surface area contributed by atoms with E-state index < -0.39 is 10.1 Å². The van der Waals surface area contributed by atoms with Gasteiger partial charge in [0.05, 0.1) is 11.9 Å². The fourth-order valence-corrected chi connectivity index (χ4v) is 3.34. The maximum absolute atomic E-state index is 10.8. The number of nitrogens with zero attached hydrogens (tertiary/aromatic N) is 2. The first-order chi connectivity index (χ1) is 8.70. The summed E-state index contributed by atoms with van der Waals surface area (Å²) in [6.07, 6.45) is 3.49. The summed E-state index contributed by atoms with van der Waals surface area (Å²) in [6, 6.07) is 0. The minimum Gasteiger partial charge on any atom is -0.286 e. The third kappa shape index (κ3) is 5.32. The Hall–Kier alpha value is -0.880. The zero-order valence-corrected chi connectivity index (χ0v) is 12.9. The Morgan fingerprint density at radius 2 is 2.00 bits per heavy atom. The number of hydrogen-bond acceptors (Lipinski definition) is 3. The van der Waals surface area contributed by atoms with Crippen molar-refractivity contribution < 1.29 is 13.0 Å². The molecule has 1 unspecified atom stereocenters. The zero-order valence-electron chi connectivity index (χ0n) is 12.1. The lowest BCUT2D eigenvalue weighted by molar-refractivity contribution is 0.444. The Balaban J connectivity index is 2.50. The molecule has 0 aliphatic heterocycles. The minimum absolute atomic E-state index is 0.0332. The summed E-state index contributed by atoms with van der Waals surface area (Å²) in [7, 11) is -3.86. The molecule has 110 valence electrons. The molecule has 0 aliphatic carbocycles. The highest BCUT2D eigenvalue weighted by Crippen LogP contribution is 2.19. The third-order valence-electron chi connectivity index (χ3n) is 3.18. The predicted octanol–water partition coefficient (Wildman–Crippen LogP) is 2.62. The monoisotopic (exact) mass is 288 g/mol. The van der Waals surface area contributed by atoms with Crippen molar-refractivity contribution >= 4 is 10.1 Å². The molecule has 1 aromatic heterocycles. The van der Waals surface area contributed by atoms with E-state index in [0.29, 0.717) is 5.92 Å². The molecule has 0 aromatic carbocycles. The van der Waals surface area contributed by atoms with Crippen molar-refractivity contribution in [1.29, 1.82) is 0 Å². The van der Waals surface area contributed by atoms with Crippen molar-refractivity contribution in [2.24, 2.45) is 5.92 Å². The van der Waals surface area contributed by atoms with Gasteiger partial charge < -0.3 is 0 Å². The maximum atomic E-state index is 10.8.